The number of hydrogen-bond acceptors (Lipinski definition) is 3. The number of anilines is 1. The molecule has 0 aliphatic rings. The number of nitrogens with two attached hydrogens (primary N) is 5. The molecule has 0 fully saturated rings. The fourth-order valence-electron chi connectivity index (χ4n) is 1.50. The zero-order valence-corrected chi connectivity index (χ0v) is 11.7. The zero-order valence-electron chi connectivity index (χ0n) is 9.95. The molecule has 0 radical (unpaired) electrons. The second-order valence-corrected chi connectivity index (χ2v) is 7.56. The Kier molecular flexibility index (Phi) is 4.52. The summed E-state index contributed by atoms with van der Waals surface area (Å²) in [5.74, 6) is -0.626. The van der Waals surface area contributed by atoms with Crippen LogP contribution in [0.3, 0.4) is 0 Å². The standard InChI is InChI=1S/C8H16N6O3P2/c9-8(15)3-5-1-2-6(14-19(12,13)17)4-7(5)18(10,11)16/h1-2,4H,3H2,(H2,9,15)(H4,10,11,16)(H5,12,13,14,17). The molecule has 11 N–H and O–H groups in total. The van der Waals surface area contributed by atoms with E-state index in [2.05, 4.69) is 5.09 Å². The predicted octanol–water partition coefficient (Wildman–Crippen LogP) is -1.11. The molecule has 0 aliphatic heterocycles. The Balaban J connectivity index is 3.27. The number of primary amides is 1. The van der Waals surface area contributed by atoms with Crippen molar-refractivity contribution >= 4 is 31.9 Å². The quantitative estimate of drug-likeness (QED) is 0.368. The van der Waals surface area contributed by atoms with Gasteiger partial charge in [0.1, 0.15) is 0 Å². The van der Waals surface area contributed by atoms with Crippen molar-refractivity contribution in [1.29, 1.82) is 0 Å². The third-order valence-corrected chi connectivity index (χ3v) is 3.91. The van der Waals surface area contributed by atoms with Crippen molar-refractivity contribution in [2.45, 2.75) is 6.42 Å². The first-order chi connectivity index (χ1) is 8.49. The van der Waals surface area contributed by atoms with Gasteiger partial charge in [0, 0.05) is 11.0 Å². The van der Waals surface area contributed by atoms with E-state index < -0.39 is 20.9 Å². The Morgan fingerprint density at radius 2 is 1.74 bits per heavy atom. The van der Waals surface area contributed by atoms with Gasteiger partial charge in [-0.2, -0.15) is 0 Å². The number of carbonyl (C=O) groups is 1. The summed E-state index contributed by atoms with van der Waals surface area (Å²) in [6.07, 6.45) is -0.170. The highest BCUT2D eigenvalue weighted by Crippen LogP contribution is 2.32. The number of hydrogen-bond donors (Lipinski definition) is 6. The lowest BCUT2D eigenvalue weighted by atomic mass is 10.1. The minimum absolute atomic E-state index is 0.0461. The van der Waals surface area contributed by atoms with E-state index in [0.717, 1.165) is 0 Å². The van der Waals surface area contributed by atoms with Crippen LogP contribution in [0.1, 0.15) is 5.56 Å². The van der Waals surface area contributed by atoms with Crippen molar-refractivity contribution in [1.82, 2.24) is 0 Å². The van der Waals surface area contributed by atoms with Gasteiger partial charge in [-0.15, -0.1) is 0 Å². The SMILES string of the molecule is NC(=O)Cc1ccc(NP(N)(N)=O)cc1P(N)(N)=O. The summed E-state index contributed by atoms with van der Waals surface area (Å²) in [5, 5.41) is 2.38. The lowest BCUT2D eigenvalue weighted by Crippen LogP contribution is -2.26. The van der Waals surface area contributed by atoms with Gasteiger partial charge >= 0.3 is 0 Å². The lowest BCUT2D eigenvalue weighted by Gasteiger charge is -2.16. The van der Waals surface area contributed by atoms with Crippen LogP contribution in [0.5, 0.6) is 0 Å². The average molecular weight is 306 g/mol. The number of rotatable bonds is 5. The fourth-order valence-corrected chi connectivity index (χ4v) is 2.98. The Bertz CT molecular complexity index is 592. The molecule has 0 aliphatic carbocycles. The van der Waals surface area contributed by atoms with Gasteiger partial charge in [-0.05, 0) is 17.7 Å². The van der Waals surface area contributed by atoms with Crippen LogP contribution < -0.4 is 38.1 Å². The van der Waals surface area contributed by atoms with Crippen molar-refractivity contribution < 1.29 is 13.9 Å². The van der Waals surface area contributed by atoms with Crippen molar-refractivity contribution in [3.63, 3.8) is 0 Å². The van der Waals surface area contributed by atoms with E-state index in [1.807, 2.05) is 0 Å². The Morgan fingerprint density at radius 1 is 1.16 bits per heavy atom. The third kappa shape index (κ3) is 5.12. The third-order valence-electron chi connectivity index (χ3n) is 2.13. The number of carbonyl (C=O) groups excluding carboxylic acids is 1. The van der Waals surface area contributed by atoms with Gasteiger partial charge in [0.25, 0.3) is 7.59 Å². The molecule has 0 saturated carbocycles. The molecule has 106 valence electrons. The average Bonchev–Trinajstić information content (AvgIpc) is 2.15. The molecule has 0 heterocycles. The van der Waals surface area contributed by atoms with Crippen molar-refractivity contribution in [3.8, 4) is 0 Å². The lowest BCUT2D eigenvalue weighted by molar-refractivity contribution is -0.117. The summed E-state index contributed by atoms with van der Waals surface area (Å²) >= 11 is 0. The van der Waals surface area contributed by atoms with Crippen molar-refractivity contribution in [2.75, 3.05) is 5.09 Å². The molecule has 1 aromatic carbocycles. The molecular formula is C8H16N6O3P2. The van der Waals surface area contributed by atoms with E-state index in [4.69, 9.17) is 27.8 Å². The van der Waals surface area contributed by atoms with Gasteiger partial charge in [0.05, 0.1) is 6.42 Å². The van der Waals surface area contributed by atoms with Gasteiger partial charge in [-0.1, -0.05) is 6.07 Å². The van der Waals surface area contributed by atoms with Crippen LogP contribution in [0, 0.1) is 0 Å². The zero-order chi connectivity index (χ0) is 14.8. The molecule has 0 bridgehead atoms. The number of benzene rings is 1. The van der Waals surface area contributed by atoms with Crippen LogP contribution in [-0.2, 0) is 20.3 Å². The molecule has 0 saturated heterocycles. The van der Waals surface area contributed by atoms with E-state index in [1.54, 1.807) is 0 Å². The molecule has 19 heavy (non-hydrogen) atoms. The molecule has 1 amide bonds. The second-order valence-electron chi connectivity index (χ2n) is 4.02. The molecule has 0 unspecified atom stereocenters. The summed E-state index contributed by atoms with van der Waals surface area (Å²) < 4.78 is 23.0. The first-order valence-corrected chi connectivity index (χ1v) is 8.72. The van der Waals surface area contributed by atoms with Gasteiger partial charge in [0.15, 0.2) is 0 Å². The minimum atomic E-state index is -3.62. The largest absolute Gasteiger partial charge is 0.369 e. The van der Waals surface area contributed by atoms with E-state index in [0.29, 0.717) is 5.56 Å². The normalized spacial score (nSPS) is 12.2. The predicted molar refractivity (Wildman–Crippen MR) is 74.6 cm³/mol. The van der Waals surface area contributed by atoms with Gasteiger partial charge in [-0.3, -0.25) is 35.9 Å². The van der Waals surface area contributed by atoms with Gasteiger partial charge < -0.3 is 10.8 Å². The minimum Gasteiger partial charge on any atom is -0.369 e. The fraction of sp³-hybridized carbons (Fsp3) is 0.125. The first-order valence-electron chi connectivity index (χ1n) is 5.03. The van der Waals surface area contributed by atoms with Crippen LogP contribution in [0.15, 0.2) is 18.2 Å². The maximum atomic E-state index is 11.8. The Hall–Kier alpha value is -1.21. The molecule has 1 rings (SSSR count). The Morgan fingerprint density at radius 3 is 2.16 bits per heavy atom. The monoisotopic (exact) mass is 306 g/mol. The van der Waals surface area contributed by atoms with Crippen LogP contribution in [0.25, 0.3) is 0 Å². The van der Waals surface area contributed by atoms with Gasteiger partial charge in [0.2, 0.25) is 13.4 Å². The maximum absolute atomic E-state index is 11.8. The topological polar surface area (TPSA) is 193 Å². The highest BCUT2D eigenvalue weighted by Gasteiger charge is 2.20. The summed E-state index contributed by atoms with van der Waals surface area (Å²) in [6, 6.07) is 4.17. The molecule has 11 heteroatoms. The van der Waals surface area contributed by atoms with Crippen molar-refractivity contribution in [3.05, 3.63) is 23.8 Å². The molecule has 1 aromatic rings. The smallest absolute Gasteiger partial charge is 0.298 e. The summed E-state index contributed by atoms with van der Waals surface area (Å²) in [7, 11) is -7.14. The number of nitrogens with one attached hydrogen (secondary N) is 1. The first kappa shape index (κ1) is 15.8. The molecule has 0 aromatic heterocycles. The van der Waals surface area contributed by atoms with Gasteiger partial charge in [-0.25, -0.2) is 0 Å². The van der Waals surface area contributed by atoms with Crippen LogP contribution >= 0.6 is 15.0 Å². The van der Waals surface area contributed by atoms with E-state index in [1.165, 1.54) is 18.2 Å². The maximum Gasteiger partial charge on any atom is 0.298 e. The second kappa shape index (κ2) is 5.42. The highest BCUT2D eigenvalue weighted by atomic mass is 31.2. The van der Waals surface area contributed by atoms with Crippen LogP contribution in [0.4, 0.5) is 5.69 Å². The number of amides is 1. The summed E-state index contributed by atoms with van der Waals surface area (Å²) in [5.41, 5.74) is 26.7. The van der Waals surface area contributed by atoms with E-state index >= 15 is 0 Å². The molecule has 0 atom stereocenters. The highest BCUT2D eigenvalue weighted by molar-refractivity contribution is 7.67. The summed E-state index contributed by atoms with van der Waals surface area (Å²) in [4.78, 5) is 10.9. The van der Waals surface area contributed by atoms with Crippen LogP contribution in [-0.4, -0.2) is 5.91 Å². The van der Waals surface area contributed by atoms with Crippen molar-refractivity contribution in [2.24, 2.45) is 27.8 Å². The summed E-state index contributed by atoms with van der Waals surface area (Å²) in [6.45, 7) is 0. The van der Waals surface area contributed by atoms with Crippen LogP contribution in [0.2, 0.25) is 0 Å². The molecule has 0 spiro atoms. The van der Waals surface area contributed by atoms with E-state index in [-0.39, 0.29) is 17.4 Å². The Labute approximate surface area is 109 Å². The molecular weight excluding hydrogens is 290 g/mol. The van der Waals surface area contributed by atoms with E-state index in [9.17, 15) is 13.9 Å². The molecule has 9 nitrogen and oxygen atoms in total.